The number of aromatic carboxylic acids is 1. The van der Waals surface area contributed by atoms with Crippen LogP contribution < -0.4 is 0 Å². The van der Waals surface area contributed by atoms with E-state index < -0.39 is 5.97 Å². The molecule has 0 aliphatic carbocycles. The summed E-state index contributed by atoms with van der Waals surface area (Å²) in [6.07, 6.45) is 1.72. The Hall–Kier alpha value is -2.76. The lowest BCUT2D eigenvalue weighted by molar-refractivity contribution is 0.0697. The summed E-state index contributed by atoms with van der Waals surface area (Å²) in [4.78, 5) is 15.3. The third-order valence-corrected chi connectivity index (χ3v) is 3.20. The van der Waals surface area contributed by atoms with Crippen molar-refractivity contribution in [1.29, 1.82) is 0 Å². The molecule has 1 unspecified atom stereocenters. The minimum atomic E-state index is -0.967. The van der Waals surface area contributed by atoms with Gasteiger partial charge in [0.15, 0.2) is 0 Å². The van der Waals surface area contributed by atoms with Crippen LogP contribution in [0.15, 0.2) is 42.6 Å². The van der Waals surface area contributed by atoms with E-state index in [9.17, 15) is 4.79 Å². The summed E-state index contributed by atoms with van der Waals surface area (Å²) in [5.41, 5.74) is 2.41. The van der Waals surface area contributed by atoms with Gasteiger partial charge in [-0.1, -0.05) is 11.3 Å². The largest absolute Gasteiger partial charge is 0.478 e. The highest BCUT2D eigenvalue weighted by Crippen LogP contribution is 2.21. The fraction of sp³-hybridized carbons (Fsp3) is 0.143. The zero-order valence-electron chi connectivity index (χ0n) is 10.8. The Bertz CT molecular complexity index is 767. The lowest BCUT2D eigenvalue weighted by Crippen LogP contribution is -2.10. The fourth-order valence-electron chi connectivity index (χ4n) is 2.10. The molecule has 3 aromatic rings. The summed E-state index contributed by atoms with van der Waals surface area (Å²) in [5, 5.41) is 17.2. The average molecular weight is 268 g/mol. The molecule has 0 aliphatic heterocycles. The van der Waals surface area contributed by atoms with Gasteiger partial charge in [0, 0.05) is 6.20 Å². The van der Waals surface area contributed by atoms with Gasteiger partial charge in [-0.25, -0.2) is 9.48 Å². The topological polar surface area (TPSA) is 80.9 Å². The van der Waals surface area contributed by atoms with Crippen LogP contribution in [0.2, 0.25) is 0 Å². The molecule has 0 saturated carbocycles. The molecular weight excluding hydrogens is 256 g/mol. The first kappa shape index (κ1) is 12.3. The molecule has 6 heteroatoms. The predicted molar refractivity (Wildman–Crippen MR) is 72.5 cm³/mol. The number of carboxylic acids is 1. The van der Waals surface area contributed by atoms with Crippen LogP contribution in [-0.2, 0) is 0 Å². The molecule has 20 heavy (non-hydrogen) atoms. The molecule has 0 aliphatic rings. The van der Waals surface area contributed by atoms with Crippen LogP contribution in [0.1, 0.15) is 29.0 Å². The number of pyridine rings is 1. The van der Waals surface area contributed by atoms with E-state index in [2.05, 4.69) is 15.3 Å². The number of carbonyl (C=O) groups is 1. The SMILES string of the molecule is CC(c1ccccn1)n1nnc2ccc(C(=O)O)cc21. The summed E-state index contributed by atoms with van der Waals surface area (Å²) in [5.74, 6) is -0.967. The van der Waals surface area contributed by atoms with Crippen LogP contribution in [0.4, 0.5) is 0 Å². The van der Waals surface area contributed by atoms with E-state index in [0.29, 0.717) is 11.0 Å². The summed E-state index contributed by atoms with van der Waals surface area (Å²) in [7, 11) is 0. The number of rotatable bonds is 3. The smallest absolute Gasteiger partial charge is 0.335 e. The number of aromatic nitrogens is 4. The Morgan fingerprint density at radius 2 is 2.15 bits per heavy atom. The summed E-state index contributed by atoms with van der Waals surface area (Å²) in [6.45, 7) is 1.95. The van der Waals surface area contributed by atoms with Crippen molar-refractivity contribution in [2.45, 2.75) is 13.0 Å². The third-order valence-electron chi connectivity index (χ3n) is 3.20. The third kappa shape index (κ3) is 2.01. The molecule has 6 nitrogen and oxygen atoms in total. The van der Waals surface area contributed by atoms with Gasteiger partial charge in [0.05, 0.1) is 22.8 Å². The van der Waals surface area contributed by atoms with Crippen molar-refractivity contribution >= 4 is 17.0 Å². The zero-order valence-corrected chi connectivity index (χ0v) is 10.8. The second kappa shape index (κ2) is 4.73. The molecular formula is C14H12N4O2. The van der Waals surface area contributed by atoms with Crippen molar-refractivity contribution < 1.29 is 9.90 Å². The monoisotopic (exact) mass is 268 g/mol. The van der Waals surface area contributed by atoms with Gasteiger partial charge in [0.2, 0.25) is 0 Å². The van der Waals surface area contributed by atoms with Crippen molar-refractivity contribution in [3.63, 3.8) is 0 Å². The number of nitrogens with zero attached hydrogens (tertiary/aromatic N) is 4. The molecule has 0 spiro atoms. The molecule has 0 saturated heterocycles. The number of hydrogen-bond donors (Lipinski definition) is 1. The van der Waals surface area contributed by atoms with Gasteiger partial charge >= 0.3 is 5.97 Å². The highest BCUT2D eigenvalue weighted by atomic mass is 16.4. The van der Waals surface area contributed by atoms with Crippen molar-refractivity contribution in [2.75, 3.05) is 0 Å². The Balaban J connectivity index is 2.12. The minimum absolute atomic E-state index is 0.120. The quantitative estimate of drug-likeness (QED) is 0.787. The van der Waals surface area contributed by atoms with Gasteiger partial charge in [-0.05, 0) is 37.3 Å². The van der Waals surface area contributed by atoms with Crippen molar-refractivity contribution in [1.82, 2.24) is 20.0 Å². The summed E-state index contributed by atoms with van der Waals surface area (Å²) < 4.78 is 1.68. The molecule has 2 aromatic heterocycles. The molecule has 2 heterocycles. The lowest BCUT2D eigenvalue weighted by Gasteiger charge is -2.11. The first-order valence-electron chi connectivity index (χ1n) is 6.16. The van der Waals surface area contributed by atoms with Crippen LogP contribution in [0.25, 0.3) is 11.0 Å². The van der Waals surface area contributed by atoms with E-state index in [0.717, 1.165) is 5.69 Å². The number of carboxylic acid groups (broad SMARTS) is 1. The predicted octanol–water partition coefficient (Wildman–Crippen LogP) is 2.13. The van der Waals surface area contributed by atoms with Gasteiger partial charge in [-0.2, -0.15) is 0 Å². The van der Waals surface area contributed by atoms with Crippen LogP contribution in [0.5, 0.6) is 0 Å². The molecule has 3 rings (SSSR count). The first-order valence-corrected chi connectivity index (χ1v) is 6.16. The molecule has 0 radical (unpaired) electrons. The highest BCUT2D eigenvalue weighted by molar-refractivity contribution is 5.92. The maximum absolute atomic E-state index is 11.1. The molecule has 1 atom stereocenters. The van der Waals surface area contributed by atoms with Crippen molar-refractivity contribution in [2.24, 2.45) is 0 Å². The Labute approximate surface area is 114 Å². The first-order chi connectivity index (χ1) is 9.66. The molecule has 0 fully saturated rings. The Kier molecular flexibility index (Phi) is 2.90. The van der Waals surface area contributed by atoms with Crippen molar-refractivity contribution in [3.8, 4) is 0 Å². The van der Waals surface area contributed by atoms with Gasteiger partial charge in [-0.3, -0.25) is 4.98 Å². The van der Waals surface area contributed by atoms with Crippen LogP contribution >= 0.6 is 0 Å². The maximum atomic E-state index is 11.1. The van der Waals surface area contributed by atoms with Gasteiger partial charge in [0.1, 0.15) is 5.52 Å². The second-order valence-corrected chi connectivity index (χ2v) is 4.47. The molecule has 0 bridgehead atoms. The van der Waals surface area contributed by atoms with Gasteiger partial charge in [0.25, 0.3) is 0 Å². The molecule has 1 aromatic carbocycles. The van der Waals surface area contributed by atoms with E-state index in [1.807, 2.05) is 25.1 Å². The fourth-order valence-corrected chi connectivity index (χ4v) is 2.10. The minimum Gasteiger partial charge on any atom is -0.478 e. The van der Waals surface area contributed by atoms with Gasteiger partial charge < -0.3 is 5.11 Å². The highest BCUT2D eigenvalue weighted by Gasteiger charge is 2.15. The van der Waals surface area contributed by atoms with Crippen LogP contribution in [-0.4, -0.2) is 31.1 Å². The van der Waals surface area contributed by atoms with E-state index in [-0.39, 0.29) is 11.6 Å². The molecule has 0 amide bonds. The van der Waals surface area contributed by atoms with E-state index in [4.69, 9.17) is 5.11 Å². The lowest BCUT2D eigenvalue weighted by atomic mass is 10.1. The van der Waals surface area contributed by atoms with Crippen molar-refractivity contribution in [3.05, 3.63) is 53.9 Å². The van der Waals surface area contributed by atoms with E-state index in [1.54, 1.807) is 23.0 Å². The molecule has 1 N–H and O–H groups in total. The number of hydrogen-bond acceptors (Lipinski definition) is 4. The van der Waals surface area contributed by atoms with Crippen LogP contribution in [0, 0.1) is 0 Å². The zero-order chi connectivity index (χ0) is 14.1. The standard InChI is InChI=1S/C14H12N4O2/c1-9(11-4-2-3-7-15-11)18-13-8-10(14(19)20)5-6-12(13)16-17-18/h2-9H,1H3,(H,19,20). The summed E-state index contributed by atoms with van der Waals surface area (Å²) >= 11 is 0. The Morgan fingerprint density at radius 1 is 1.30 bits per heavy atom. The van der Waals surface area contributed by atoms with Crippen LogP contribution in [0.3, 0.4) is 0 Å². The average Bonchev–Trinajstić information content (AvgIpc) is 2.90. The number of benzene rings is 1. The molecule has 100 valence electrons. The summed E-state index contributed by atoms with van der Waals surface area (Å²) in [6, 6.07) is 10.3. The van der Waals surface area contributed by atoms with E-state index >= 15 is 0 Å². The Morgan fingerprint density at radius 3 is 2.85 bits per heavy atom. The maximum Gasteiger partial charge on any atom is 0.335 e. The number of fused-ring (bicyclic) bond motifs is 1. The second-order valence-electron chi connectivity index (χ2n) is 4.47. The van der Waals surface area contributed by atoms with Gasteiger partial charge in [-0.15, -0.1) is 5.10 Å². The normalized spacial score (nSPS) is 12.4. The van der Waals surface area contributed by atoms with E-state index in [1.165, 1.54) is 6.07 Å².